The lowest BCUT2D eigenvalue weighted by Gasteiger charge is -2.32. The molecule has 2 unspecified atom stereocenters. The molecular weight excluding hydrogens is 188 g/mol. The third-order valence-electron chi connectivity index (χ3n) is 2.06. The summed E-state index contributed by atoms with van der Waals surface area (Å²) in [5.74, 6) is 0. The molecule has 2 nitrogen and oxygen atoms in total. The Morgan fingerprint density at radius 2 is 1.47 bits per heavy atom. The van der Waals surface area contributed by atoms with Crippen molar-refractivity contribution in [1.29, 1.82) is 0 Å². The van der Waals surface area contributed by atoms with Crippen molar-refractivity contribution in [3.8, 4) is 0 Å². The quantitative estimate of drug-likeness (QED) is 0.654. The van der Waals surface area contributed by atoms with E-state index in [0.29, 0.717) is 0 Å². The van der Waals surface area contributed by atoms with Crippen molar-refractivity contribution in [3.05, 3.63) is 12.2 Å². The van der Waals surface area contributed by atoms with E-state index in [1.165, 1.54) is 0 Å². The zero-order valence-electron chi connectivity index (χ0n) is 10.8. The summed E-state index contributed by atoms with van der Waals surface area (Å²) in [6.07, 6.45) is 5.49. The van der Waals surface area contributed by atoms with Crippen LogP contribution in [-0.4, -0.2) is 23.4 Å². The fourth-order valence-corrected chi connectivity index (χ4v) is 1.70. The van der Waals surface area contributed by atoms with Gasteiger partial charge in [0.2, 0.25) is 0 Å². The fourth-order valence-electron chi connectivity index (χ4n) is 1.70. The van der Waals surface area contributed by atoms with Crippen molar-refractivity contribution < 1.29 is 9.47 Å². The van der Waals surface area contributed by atoms with Crippen molar-refractivity contribution in [2.24, 2.45) is 0 Å². The molecule has 1 rings (SSSR count). The minimum absolute atomic E-state index is 0.101. The fraction of sp³-hybridized carbons (Fsp3) is 0.846. The number of rotatable bonds is 2. The Morgan fingerprint density at radius 1 is 0.933 bits per heavy atom. The van der Waals surface area contributed by atoms with Crippen molar-refractivity contribution in [1.82, 2.24) is 0 Å². The molecule has 0 aromatic heterocycles. The Bertz CT molecular complexity index is 230. The van der Waals surface area contributed by atoms with Gasteiger partial charge in [-0.15, -0.1) is 0 Å². The smallest absolute Gasteiger partial charge is 0.103 e. The topological polar surface area (TPSA) is 18.5 Å². The lowest BCUT2D eigenvalue weighted by atomic mass is 10.1. The largest absolute Gasteiger partial charge is 0.369 e. The van der Waals surface area contributed by atoms with Crippen LogP contribution in [0.4, 0.5) is 0 Å². The maximum absolute atomic E-state index is 5.97. The first-order valence-electron chi connectivity index (χ1n) is 5.70. The van der Waals surface area contributed by atoms with Crippen LogP contribution >= 0.6 is 0 Å². The summed E-state index contributed by atoms with van der Waals surface area (Å²) in [7, 11) is 0. The first-order chi connectivity index (χ1) is 6.67. The van der Waals surface area contributed by atoms with E-state index in [-0.39, 0.29) is 23.4 Å². The van der Waals surface area contributed by atoms with E-state index in [0.717, 1.165) is 6.42 Å². The van der Waals surface area contributed by atoms with E-state index in [1.807, 2.05) is 0 Å². The predicted octanol–water partition coefficient (Wildman–Crippen LogP) is 3.31. The zero-order valence-corrected chi connectivity index (χ0v) is 10.8. The highest BCUT2D eigenvalue weighted by Crippen LogP contribution is 2.26. The summed E-state index contributed by atoms with van der Waals surface area (Å²) in [5, 5.41) is 0. The van der Waals surface area contributed by atoms with Gasteiger partial charge in [0.25, 0.3) is 0 Å². The SMILES string of the molecule is CC(C)(C)OC1C=CCC1OC(C)(C)C. The van der Waals surface area contributed by atoms with Crippen LogP contribution in [0.15, 0.2) is 12.2 Å². The molecule has 0 aromatic rings. The van der Waals surface area contributed by atoms with Crippen molar-refractivity contribution in [3.63, 3.8) is 0 Å². The molecule has 0 saturated carbocycles. The summed E-state index contributed by atoms with van der Waals surface area (Å²) in [4.78, 5) is 0. The van der Waals surface area contributed by atoms with E-state index >= 15 is 0 Å². The highest BCUT2D eigenvalue weighted by Gasteiger charge is 2.31. The minimum atomic E-state index is -0.112. The molecule has 0 fully saturated rings. The molecule has 0 radical (unpaired) electrons. The average Bonchev–Trinajstić information content (AvgIpc) is 2.29. The number of hydrogen-bond donors (Lipinski definition) is 0. The van der Waals surface area contributed by atoms with Gasteiger partial charge >= 0.3 is 0 Å². The summed E-state index contributed by atoms with van der Waals surface area (Å²) in [5.41, 5.74) is -0.213. The van der Waals surface area contributed by atoms with Crippen molar-refractivity contribution in [2.45, 2.75) is 71.4 Å². The second-order valence-electron chi connectivity index (χ2n) is 6.13. The minimum Gasteiger partial charge on any atom is -0.369 e. The standard InChI is InChI=1S/C13H24O2/c1-12(2,3)14-10-8-7-9-11(10)15-13(4,5)6/h7-8,10-11H,9H2,1-6H3. The maximum Gasteiger partial charge on any atom is 0.103 e. The molecule has 0 aliphatic heterocycles. The van der Waals surface area contributed by atoms with E-state index in [1.54, 1.807) is 0 Å². The van der Waals surface area contributed by atoms with Crippen LogP contribution in [0, 0.1) is 0 Å². The van der Waals surface area contributed by atoms with Crippen molar-refractivity contribution >= 4 is 0 Å². The molecule has 0 saturated heterocycles. The van der Waals surface area contributed by atoms with Crippen molar-refractivity contribution in [2.75, 3.05) is 0 Å². The highest BCUT2D eigenvalue weighted by molar-refractivity contribution is 5.05. The summed E-state index contributed by atoms with van der Waals surface area (Å²) in [6, 6.07) is 0. The van der Waals surface area contributed by atoms with Gasteiger partial charge in [0.1, 0.15) is 6.10 Å². The number of ether oxygens (including phenoxy) is 2. The Labute approximate surface area is 93.7 Å². The van der Waals surface area contributed by atoms with E-state index in [4.69, 9.17) is 9.47 Å². The Kier molecular flexibility index (Phi) is 3.62. The van der Waals surface area contributed by atoms with Gasteiger partial charge in [0, 0.05) is 0 Å². The lowest BCUT2D eigenvalue weighted by Crippen LogP contribution is -2.38. The summed E-state index contributed by atoms with van der Waals surface area (Å²) in [6.45, 7) is 12.5. The molecule has 1 aliphatic carbocycles. The Hall–Kier alpha value is -0.340. The van der Waals surface area contributed by atoms with E-state index in [9.17, 15) is 0 Å². The second kappa shape index (κ2) is 4.26. The van der Waals surface area contributed by atoms with Gasteiger partial charge < -0.3 is 9.47 Å². The van der Waals surface area contributed by atoms with Crippen LogP contribution in [0.25, 0.3) is 0 Å². The van der Waals surface area contributed by atoms with Gasteiger partial charge in [0.05, 0.1) is 17.3 Å². The Morgan fingerprint density at radius 3 is 1.93 bits per heavy atom. The molecule has 0 heterocycles. The van der Waals surface area contributed by atoms with Gasteiger partial charge in [-0.1, -0.05) is 12.2 Å². The molecular formula is C13H24O2. The molecule has 0 N–H and O–H groups in total. The summed E-state index contributed by atoms with van der Waals surface area (Å²) >= 11 is 0. The molecule has 88 valence electrons. The van der Waals surface area contributed by atoms with Gasteiger partial charge in [-0.05, 0) is 48.0 Å². The van der Waals surface area contributed by atoms with Crippen LogP contribution in [0.5, 0.6) is 0 Å². The van der Waals surface area contributed by atoms with Gasteiger partial charge in [-0.25, -0.2) is 0 Å². The van der Waals surface area contributed by atoms with Crippen LogP contribution in [0.1, 0.15) is 48.0 Å². The van der Waals surface area contributed by atoms with Gasteiger partial charge in [-0.2, -0.15) is 0 Å². The normalized spacial score (nSPS) is 27.3. The number of hydrogen-bond acceptors (Lipinski definition) is 2. The molecule has 0 aromatic carbocycles. The second-order valence-corrected chi connectivity index (χ2v) is 6.13. The molecule has 2 atom stereocenters. The van der Waals surface area contributed by atoms with Gasteiger partial charge in [0.15, 0.2) is 0 Å². The first kappa shape index (κ1) is 12.7. The Balaban J connectivity index is 2.53. The highest BCUT2D eigenvalue weighted by atomic mass is 16.6. The summed E-state index contributed by atoms with van der Waals surface area (Å²) < 4.78 is 11.9. The zero-order chi connectivity index (χ0) is 11.7. The molecule has 2 heteroatoms. The molecule has 0 amide bonds. The van der Waals surface area contributed by atoms with Crippen LogP contribution in [0.2, 0.25) is 0 Å². The van der Waals surface area contributed by atoms with Crippen LogP contribution < -0.4 is 0 Å². The molecule has 15 heavy (non-hydrogen) atoms. The van der Waals surface area contributed by atoms with Crippen LogP contribution in [-0.2, 0) is 9.47 Å². The molecule has 1 aliphatic rings. The molecule has 0 spiro atoms. The van der Waals surface area contributed by atoms with Crippen LogP contribution in [0.3, 0.4) is 0 Å². The third-order valence-corrected chi connectivity index (χ3v) is 2.06. The third kappa shape index (κ3) is 4.80. The maximum atomic E-state index is 5.97. The predicted molar refractivity (Wildman–Crippen MR) is 63.0 cm³/mol. The van der Waals surface area contributed by atoms with E-state index < -0.39 is 0 Å². The molecule has 0 bridgehead atoms. The average molecular weight is 212 g/mol. The lowest BCUT2D eigenvalue weighted by molar-refractivity contribution is -0.140. The van der Waals surface area contributed by atoms with Gasteiger partial charge in [-0.3, -0.25) is 0 Å². The first-order valence-corrected chi connectivity index (χ1v) is 5.70. The van der Waals surface area contributed by atoms with E-state index in [2.05, 4.69) is 53.7 Å². The monoisotopic (exact) mass is 212 g/mol.